The third-order valence-electron chi connectivity index (χ3n) is 2.57. The number of carboxylic acids is 1. The topological polar surface area (TPSA) is 106 Å². The van der Waals surface area contributed by atoms with E-state index in [0.717, 1.165) is 4.47 Å². The Balaban J connectivity index is 2.15. The molecule has 0 saturated carbocycles. The Bertz CT molecular complexity index is 666. The maximum Gasteiger partial charge on any atom is 0.371 e. The predicted octanol–water partition coefficient (Wildman–Crippen LogP) is 2.45. The van der Waals surface area contributed by atoms with Crippen LogP contribution in [-0.2, 0) is 6.54 Å². The molecule has 2 aromatic rings. The number of rotatable bonds is 5. The lowest BCUT2D eigenvalue weighted by atomic mass is 10.1. The van der Waals surface area contributed by atoms with Crippen molar-refractivity contribution in [1.82, 2.24) is 0 Å². The van der Waals surface area contributed by atoms with Crippen LogP contribution in [0.3, 0.4) is 0 Å². The molecule has 0 fully saturated rings. The third kappa shape index (κ3) is 3.18. The Morgan fingerprint density at radius 2 is 2.05 bits per heavy atom. The summed E-state index contributed by atoms with van der Waals surface area (Å²) < 4.78 is 5.90. The number of aromatic carboxylic acids is 1. The molecule has 0 unspecified atom stereocenters. The van der Waals surface area contributed by atoms with Gasteiger partial charge in [0.05, 0.1) is 12.1 Å². The first-order valence-electron chi connectivity index (χ1n) is 5.62. The van der Waals surface area contributed by atoms with Crippen LogP contribution < -0.4 is 11.1 Å². The van der Waals surface area contributed by atoms with E-state index in [1.54, 1.807) is 24.3 Å². The zero-order chi connectivity index (χ0) is 14.7. The van der Waals surface area contributed by atoms with Crippen molar-refractivity contribution in [3.05, 3.63) is 51.9 Å². The number of hydrogen-bond donors (Lipinski definition) is 3. The van der Waals surface area contributed by atoms with Gasteiger partial charge in [0, 0.05) is 10.2 Å². The highest BCUT2D eigenvalue weighted by Crippen LogP contribution is 2.22. The summed E-state index contributed by atoms with van der Waals surface area (Å²) in [7, 11) is 0. The van der Waals surface area contributed by atoms with Gasteiger partial charge in [-0.2, -0.15) is 0 Å². The zero-order valence-electron chi connectivity index (χ0n) is 10.2. The van der Waals surface area contributed by atoms with E-state index in [2.05, 4.69) is 21.2 Å². The SMILES string of the molecule is NC(=O)c1ccc(Br)cc1NCc1ccc(C(=O)O)o1. The van der Waals surface area contributed by atoms with Gasteiger partial charge >= 0.3 is 5.97 Å². The molecule has 1 aromatic heterocycles. The summed E-state index contributed by atoms with van der Waals surface area (Å²) in [5, 5.41) is 11.7. The van der Waals surface area contributed by atoms with E-state index in [4.69, 9.17) is 15.3 Å². The minimum atomic E-state index is -1.13. The van der Waals surface area contributed by atoms with Crippen molar-refractivity contribution in [3.63, 3.8) is 0 Å². The van der Waals surface area contributed by atoms with Gasteiger partial charge in [0.2, 0.25) is 5.76 Å². The minimum absolute atomic E-state index is 0.133. The van der Waals surface area contributed by atoms with Crippen LogP contribution in [-0.4, -0.2) is 17.0 Å². The highest BCUT2D eigenvalue weighted by Gasteiger charge is 2.11. The second-order valence-electron chi connectivity index (χ2n) is 3.98. The summed E-state index contributed by atoms with van der Waals surface area (Å²) in [6.45, 7) is 0.240. The molecule has 0 aliphatic carbocycles. The lowest BCUT2D eigenvalue weighted by Gasteiger charge is -2.09. The van der Waals surface area contributed by atoms with E-state index in [9.17, 15) is 9.59 Å². The van der Waals surface area contributed by atoms with Crippen LogP contribution in [0.1, 0.15) is 26.7 Å². The summed E-state index contributed by atoms with van der Waals surface area (Å²) >= 11 is 3.30. The fraction of sp³-hybridized carbons (Fsp3) is 0.0769. The normalized spacial score (nSPS) is 10.2. The molecule has 7 heteroatoms. The molecule has 0 atom stereocenters. The number of carbonyl (C=O) groups is 2. The lowest BCUT2D eigenvalue weighted by molar-refractivity contribution is 0.0660. The number of primary amides is 1. The summed E-state index contributed by atoms with van der Waals surface area (Å²) in [5.74, 6) is -1.37. The molecule has 1 heterocycles. The first-order chi connectivity index (χ1) is 9.47. The van der Waals surface area contributed by atoms with Gasteiger partial charge in [-0.1, -0.05) is 15.9 Å². The minimum Gasteiger partial charge on any atom is -0.475 e. The van der Waals surface area contributed by atoms with Gasteiger partial charge in [0.15, 0.2) is 0 Å². The Morgan fingerprint density at radius 3 is 2.65 bits per heavy atom. The number of carbonyl (C=O) groups excluding carboxylic acids is 1. The van der Waals surface area contributed by atoms with Crippen molar-refractivity contribution in [2.45, 2.75) is 6.54 Å². The molecule has 0 spiro atoms. The van der Waals surface area contributed by atoms with E-state index in [0.29, 0.717) is 17.0 Å². The van der Waals surface area contributed by atoms with E-state index >= 15 is 0 Å². The van der Waals surface area contributed by atoms with Crippen LogP contribution in [0.5, 0.6) is 0 Å². The Labute approximate surface area is 122 Å². The van der Waals surface area contributed by atoms with E-state index < -0.39 is 11.9 Å². The fourth-order valence-electron chi connectivity index (χ4n) is 1.65. The second kappa shape index (κ2) is 5.79. The summed E-state index contributed by atoms with van der Waals surface area (Å²) in [6, 6.07) is 7.94. The van der Waals surface area contributed by atoms with Gasteiger partial charge in [0.1, 0.15) is 5.76 Å². The van der Waals surface area contributed by atoms with Crippen LogP contribution in [0, 0.1) is 0 Å². The molecule has 0 aliphatic rings. The largest absolute Gasteiger partial charge is 0.475 e. The molecule has 4 N–H and O–H groups in total. The van der Waals surface area contributed by atoms with Crippen LogP contribution >= 0.6 is 15.9 Å². The maximum absolute atomic E-state index is 11.3. The van der Waals surface area contributed by atoms with Crippen LogP contribution in [0.2, 0.25) is 0 Å². The van der Waals surface area contributed by atoms with E-state index in [1.165, 1.54) is 6.07 Å². The van der Waals surface area contributed by atoms with Crippen molar-refractivity contribution in [3.8, 4) is 0 Å². The smallest absolute Gasteiger partial charge is 0.371 e. The Hall–Kier alpha value is -2.28. The summed E-state index contributed by atoms with van der Waals surface area (Å²) in [6.07, 6.45) is 0. The number of furan rings is 1. The second-order valence-corrected chi connectivity index (χ2v) is 4.89. The van der Waals surface area contributed by atoms with Gasteiger partial charge in [-0.3, -0.25) is 4.79 Å². The number of carboxylic acid groups (broad SMARTS) is 1. The highest BCUT2D eigenvalue weighted by molar-refractivity contribution is 9.10. The van der Waals surface area contributed by atoms with Crippen molar-refractivity contribution in [2.24, 2.45) is 5.73 Å². The molecule has 0 saturated heterocycles. The van der Waals surface area contributed by atoms with Gasteiger partial charge in [-0.25, -0.2) is 4.79 Å². The lowest BCUT2D eigenvalue weighted by Crippen LogP contribution is -2.14. The molecule has 0 radical (unpaired) electrons. The van der Waals surface area contributed by atoms with Crippen LogP contribution in [0.25, 0.3) is 0 Å². The summed E-state index contributed by atoms with van der Waals surface area (Å²) in [4.78, 5) is 22.0. The average Bonchev–Trinajstić information content (AvgIpc) is 2.85. The van der Waals surface area contributed by atoms with Crippen LogP contribution in [0.15, 0.2) is 39.2 Å². The fourth-order valence-corrected chi connectivity index (χ4v) is 2.01. The molecule has 1 amide bonds. The maximum atomic E-state index is 11.3. The number of amides is 1. The number of hydrogen-bond acceptors (Lipinski definition) is 4. The monoisotopic (exact) mass is 338 g/mol. The van der Waals surface area contributed by atoms with Gasteiger partial charge in [-0.05, 0) is 30.3 Å². The van der Waals surface area contributed by atoms with Gasteiger partial charge < -0.3 is 20.6 Å². The third-order valence-corrected chi connectivity index (χ3v) is 3.07. The standard InChI is InChI=1S/C13H11BrN2O4/c14-7-1-3-9(12(15)17)10(5-7)16-6-8-2-4-11(20-8)13(18)19/h1-5,16H,6H2,(H2,15,17)(H,18,19). The number of anilines is 1. The molecule has 104 valence electrons. The molecular weight excluding hydrogens is 328 g/mol. The molecular formula is C13H11BrN2O4. The number of nitrogens with two attached hydrogens (primary N) is 1. The van der Waals surface area contributed by atoms with Crippen molar-refractivity contribution in [2.75, 3.05) is 5.32 Å². The van der Waals surface area contributed by atoms with Gasteiger partial charge in [-0.15, -0.1) is 0 Å². The molecule has 1 aromatic carbocycles. The van der Waals surface area contributed by atoms with E-state index in [1.807, 2.05) is 0 Å². The average molecular weight is 339 g/mol. The summed E-state index contributed by atoms with van der Waals surface area (Å²) in [5.41, 5.74) is 6.17. The highest BCUT2D eigenvalue weighted by atomic mass is 79.9. The Kier molecular flexibility index (Phi) is 4.09. The van der Waals surface area contributed by atoms with Crippen molar-refractivity contribution >= 4 is 33.5 Å². The predicted molar refractivity (Wildman–Crippen MR) is 75.7 cm³/mol. The Morgan fingerprint density at radius 1 is 1.30 bits per heavy atom. The van der Waals surface area contributed by atoms with Gasteiger partial charge in [0.25, 0.3) is 5.91 Å². The first-order valence-corrected chi connectivity index (χ1v) is 6.42. The number of nitrogens with one attached hydrogen (secondary N) is 1. The molecule has 20 heavy (non-hydrogen) atoms. The number of benzene rings is 1. The first kappa shape index (κ1) is 14.1. The number of halogens is 1. The zero-order valence-corrected chi connectivity index (χ0v) is 11.8. The molecule has 6 nitrogen and oxygen atoms in total. The van der Waals surface area contributed by atoms with Crippen LogP contribution in [0.4, 0.5) is 5.69 Å². The molecule has 2 rings (SSSR count). The molecule has 0 bridgehead atoms. The quantitative estimate of drug-likeness (QED) is 0.776. The van der Waals surface area contributed by atoms with Crippen molar-refractivity contribution in [1.29, 1.82) is 0 Å². The molecule has 0 aliphatic heterocycles. The van der Waals surface area contributed by atoms with E-state index in [-0.39, 0.29) is 12.3 Å². The van der Waals surface area contributed by atoms with Crippen molar-refractivity contribution < 1.29 is 19.1 Å².